The highest BCUT2D eigenvalue weighted by atomic mass is 79.9. The van der Waals surface area contributed by atoms with Gasteiger partial charge in [0, 0.05) is 30.9 Å². The van der Waals surface area contributed by atoms with E-state index in [-0.39, 0.29) is 47.9 Å². The predicted octanol–water partition coefficient (Wildman–Crippen LogP) is 28.0. The minimum atomic E-state index is -3.74. The summed E-state index contributed by atoms with van der Waals surface area (Å²) in [4.78, 5) is 60.3. The molecule has 0 fully saturated rings. The van der Waals surface area contributed by atoms with Crippen molar-refractivity contribution < 1.29 is 43.1 Å². The van der Waals surface area contributed by atoms with Crippen molar-refractivity contribution in [1.29, 1.82) is 0 Å². The Morgan fingerprint density at radius 3 is 0.469 bits per heavy atom. The van der Waals surface area contributed by atoms with E-state index < -0.39 is 22.8 Å². The number of nitrogens with zero attached hydrogens (tertiary/aromatic N) is 3. The normalized spacial score (nSPS) is 11.2. The lowest BCUT2D eigenvalue weighted by molar-refractivity contribution is 0.368. The van der Waals surface area contributed by atoms with E-state index in [0.717, 1.165) is 38.5 Å². The van der Waals surface area contributed by atoms with E-state index in [1.165, 1.54) is 353 Å². The first-order valence-corrected chi connectivity index (χ1v) is 46.9. The molecule has 6 N–H and O–H groups in total. The van der Waals surface area contributed by atoms with Crippen molar-refractivity contribution in [3.63, 3.8) is 0 Å². The zero-order valence-electron chi connectivity index (χ0n) is 66.7. The summed E-state index contributed by atoms with van der Waals surface area (Å²) < 4.78 is 31.7. The molecule has 1 heterocycles. The Morgan fingerprint density at radius 2 is 0.367 bits per heavy atom. The van der Waals surface area contributed by atoms with E-state index in [2.05, 4.69) is 77.6 Å². The van der Waals surface area contributed by atoms with E-state index in [4.69, 9.17) is 29.4 Å². The zero-order chi connectivity index (χ0) is 72.3. The second kappa shape index (κ2) is 95.3. The third kappa shape index (κ3) is 132. The van der Waals surface area contributed by atoms with Crippen molar-refractivity contribution in [3.05, 3.63) is 30.6 Å². The molecule has 0 saturated heterocycles. The monoisotopic (exact) mass is 1540 g/mol. The first kappa shape index (κ1) is 112. The molecule has 0 unspecified atom stereocenters. The average molecular weight is 1540 g/mol. The molecule has 17 heteroatoms. The van der Waals surface area contributed by atoms with Crippen molar-refractivity contribution in [2.24, 2.45) is 0 Å². The second-order valence-electron chi connectivity index (χ2n) is 28.9. The molecular formula is C81H174BrClN3O9P3. The van der Waals surface area contributed by atoms with Gasteiger partial charge in [-0.2, -0.15) is 0 Å². The number of rotatable bonds is 67. The topological polar surface area (TPSA) is 192 Å². The Balaban J connectivity index is -0.000000206. The highest BCUT2D eigenvalue weighted by Crippen LogP contribution is 2.37. The largest absolute Gasteiger partial charge is 0.325 e. The molecular weight excluding hydrogens is 1370 g/mol. The first-order valence-electron chi connectivity index (χ1n) is 41.5. The van der Waals surface area contributed by atoms with E-state index in [0.29, 0.717) is 19.3 Å². The molecule has 0 amide bonds. The van der Waals surface area contributed by atoms with Gasteiger partial charge < -0.3 is 39.2 Å². The van der Waals surface area contributed by atoms with Crippen LogP contribution in [0.25, 0.3) is 0 Å². The molecule has 0 aromatic carbocycles. The summed E-state index contributed by atoms with van der Waals surface area (Å²) in [6.07, 6.45) is 86.0. The van der Waals surface area contributed by atoms with Gasteiger partial charge in [-0.15, -0.1) is 29.4 Å². The fourth-order valence-electron chi connectivity index (χ4n) is 11.7. The van der Waals surface area contributed by atoms with Gasteiger partial charge in [0.25, 0.3) is 0 Å². The number of aromatic nitrogens is 1. The molecule has 0 spiro atoms. The van der Waals surface area contributed by atoms with Gasteiger partial charge >= 0.3 is 22.8 Å². The molecule has 1 rings (SSSR count). The van der Waals surface area contributed by atoms with E-state index in [1.807, 2.05) is 18.2 Å². The van der Waals surface area contributed by atoms with Crippen LogP contribution in [0.1, 0.15) is 433 Å². The van der Waals surface area contributed by atoms with Gasteiger partial charge in [0.05, 0.1) is 0 Å². The van der Waals surface area contributed by atoms with Crippen molar-refractivity contribution in [2.75, 3.05) is 59.8 Å². The summed E-state index contributed by atoms with van der Waals surface area (Å²) in [6.45, 7) is 13.8. The molecule has 0 aliphatic carbocycles. The van der Waals surface area contributed by atoms with Gasteiger partial charge in [-0.25, -0.2) is 0 Å². The van der Waals surface area contributed by atoms with Gasteiger partial charge in [0.1, 0.15) is 0 Å². The number of hydrogen-bond donors (Lipinski definition) is 6. The highest BCUT2D eigenvalue weighted by Gasteiger charge is 2.13. The Morgan fingerprint density at radius 1 is 0.235 bits per heavy atom. The summed E-state index contributed by atoms with van der Waals surface area (Å²) in [5, 5.41) is 0. The van der Waals surface area contributed by atoms with Crippen LogP contribution in [0, 0.1) is 0 Å². The van der Waals surface area contributed by atoms with Crippen LogP contribution in [0.15, 0.2) is 30.6 Å². The van der Waals surface area contributed by atoms with Crippen molar-refractivity contribution in [2.45, 2.75) is 433 Å². The molecule has 0 aliphatic heterocycles. The van der Waals surface area contributed by atoms with Gasteiger partial charge in [-0.3, -0.25) is 18.7 Å². The highest BCUT2D eigenvalue weighted by molar-refractivity contribution is 8.93. The summed E-state index contributed by atoms with van der Waals surface area (Å²) in [7, 11) is -2.53. The molecule has 0 aliphatic rings. The summed E-state index contributed by atoms with van der Waals surface area (Å²) >= 11 is 0. The van der Waals surface area contributed by atoms with Crippen LogP contribution in [-0.4, -0.2) is 104 Å². The summed E-state index contributed by atoms with van der Waals surface area (Å²) in [5.74, 6) is 0. The number of hydrogen-bond acceptors (Lipinski definition) is 6. The van der Waals surface area contributed by atoms with Crippen LogP contribution >= 0.6 is 52.2 Å². The second-order valence-corrected chi connectivity index (χ2v) is 34.3. The fourth-order valence-corrected chi connectivity index (χ4v) is 13.6. The standard InChI is InChI=1S/2C20H43N.3C12H27O3P.C5H5N.BrH.ClH/c2*1-4-5-6-7-8-9-10-11-12-13-14-15-16-17-18-19-20-21(2)3;3*1-2-3-4-5-6-7-8-9-10-11-12-16(13,14)15;1-2-4-6-5-3-1;;/h2*4-20H2,1-3H3;3*2-12H2,1H3,(H2,13,14,15);1-5H;2*1H. The lowest BCUT2D eigenvalue weighted by Gasteiger charge is -2.08. The van der Waals surface area contributed by atoms with Crippen LogP contribution in [0.5, 0.6) is 0 Å². The molecule has 0 atom stereocenters. The van der Waals surface area contributed by atoms with Gasteiger partial charge in [-0.05, 0) is 85.5 Å². The number of pyridine rings is 1. The molecule has 1 aromatic rings. The Bertz CT molecular complexity index is 1500. The van der Waals surface area contributed by atoms with E-state index >= 15 is 0 Å². The zero-order valence-corrected chi connectivity index (χ0v) is 71.9. The Labute approximate surface area is 629 Å². The lowest BCUT2D eigenvalue weighted by atomic mass is 10.0. The first-order chi connectivity index (χ1) is 46.2. The third-order valence-electron chi connectivity index (χ3n) is 17.9. The SMILES string of the molecule is Br.CCCCCCCCCCCCCCCCCCN(C)C.CCCCCCCCCCCCCCCCCCN(C)C.CCCCCCCCCCCCP(=O)(O)O.CCCCCCCCCCCCP(=O)(O)O.CCCCCCCCCCCCP(=O)(O)O.Cl.c1ccncc1. The van der Waals surface area contributed by atoms with Crippen LogP contribution in [-0.2, 0) is 13.7 Å². The maximum Gasteiger partial charge on any atom is 0.325 e. The predicted molar refractivity (Wildman–Crippen MR) is 444 cm³/mol. The molecule has 98 heavy (non-hydrogen) atoms. The fraction of sp³-hybridized carbons (Fsp3) is 0.938. The summed E-state index contributed by atoms with van der Waals surface area (Å²) in [5.41, 5.74) is 0. The lowest BCUT2D eigenvalue weighted by Crippen LogP contribution is -2.12. The van der Waals surface area contributed by atoms with Crippen LogP contribution in [0.4, 0.5) is 0 Å². The van der Waals surface area contributed by atoms with Crippen LogP contribution in [0.3, 0.4) is 0 Å². The molecule has 1 aromatic heterocycles. The maximum absolute atomic E-state index is 10.6. The van der Waals surface area contributed by atoms with Crippen molar-refractivity contribution in [3.8, 4) is 0 Å². The number of halogens is 2. The van der Waals surface area contributed by atoms with Crippen LogP contribution < -0.4 is 0 Å². The molecule has 0 radical (unpaired) electrons. The summed E-state index contributed by atoms with van der Waals surface area (Å²) in [6, 6.07) is 5.72. The van der Waals surface area contributed by atoms with Crippen molar-refractivity contribution >= 4 is 52.2 Å². The maximum atomic E-state index is 10.6. The Hall–Kier alpha value is 0.290. The van der Waals surface area contributed by atoms with E-state index in [1.54, 1.807) is 12.4 Å². The van der Waals surface area contributed by atoms with Gasteiger partial charge in [-0.1, -0.05) is 407 Å². The molecule has 0 saturated carbocycles. The minimum absolute atomic E-state index is 0. The van der Waals surface area contributed by atoms with Crippen molar-refractivity contribution in [1.82, 2.24) is 14.8 Å². The minimum Gasteiger partial charge on any atom is -0.324 e. The average Bonchev–Trinajstić information content (AvgIpc) is 2.22. The molecule has 596 valence electrons. The Kier molecular flexibility index (Phi) is 109. The quantitative estimate of drug-likeness (QED) is 0.0268. The van der Waals surface area contributed by atoms with Gasteiger partial charge in [0.2, 0.25) is 0 Å². The van der Waals surface area contributed by atoms with Crippen LogP contribution in [0.2, 0.25) is 0 Å². The smallest absolute Gasteiger partial charge is 0.324 e. The third-order valence-corrected chi connectivity index (χ3v) is 20.6. The molecule has 12 nitrogen and oxygen atoms in total. The van der Waals surface area contributed by atoms with E-state index in [9.17, 15) is 13.7 Å². The molecule has 0 bridgehead atoms. The van der Waals surface area contributed by atoms with Gasteiger partial charge in [0.15, 0.2) is 0 Å². The number of unbranched alkanes of at least 4 members (excludes halogenated alkanes) is 57.